The summed E-state index contributed by atoms with van der Waals surface area (Å²) < 4.78 is 18.9. The SMILES string of the molecule is CCOC(=O)c1nc(-c2ccccc2F)[nH]c1C(C)(C)C. The topological polar surface area (TPSA) is 55.0 Å². The number of nitrogens with zero attached hydrogens (tertiary/aromatic N) is 1. The number of H-pyrrole nitrogens is 1. The molecule has 21 heavy (non-hydrogen) atoms. The second-order valence-electron chi connectivity index (χ2n) is 5.76. The number of hydrogen-bond acceptors (Lipinski definition) is 3. The number of halogens is 1. The van der Waals surface area contributed by atoms with E-state index < -0.39 is 5.97 Å². The van der Waals surface area contributed by atoms with Crippen molar-refractivity contribution in [3.63, 3.8) is 0 Å². The van der Waals surface area contributed by atoms with Crippen LogP contribution in [0, 0.1) is 5.82 Å². The van der Waals surface area contributed by atoms with Gasteiger partial charge in [-0.3, -0.25) is 0 Å². The third-order valence-corrected chi connectivity index (χ3v) is 3.05. The molecule has 0 amide bonds. The first-order chi connectivity index (χ1) is 9.84. The van der Waals surface area contributed by atoms with Crippen molar-refractivity contribution in [3.05, 3.63) is 41.5 Å². The Morgan fingerprint density at radius 2 is 2.00 bits per heavy atom. The second kappa shape index (κ2) is 5.68. The smallest absolute Gasteiger partial charge is 0.358 e. The van der Waals surface area contributed by atoms with E-state index in [2.05, 4.69) is 9.97 Å². The zero-order valence-electron chi connectivity index (χ0n) is 12.7. The van der Waals surface area contributed by atoms with Crippen molar-refractivity contribution >= 4 is 5.97 Å². The number of nitrogens with one attached hydrogen (secondary N) is 1. The highest BCUT2D eigenvalue weighted by Crippen LogP contribution is 2.29. The van der Waals surface area contributed by atoms with Gasteiger partial charge < -0.3 is 9.72 Å². The van der Waals surface area contributed by atoms with Crippen LogP contribution in [0.25, 0.3) is 11.4 Å². The van der Waals surface area contributed by atoms with Gasteiger partial charge in [-0.05, 0) is 19.1 Å². The molecule has 5 heteroatoms. The fraction of sp³-hybridized carbons (Fsp3) is 0.375. The summed E-state index contributed by atoms with van der Waals surface area (Å²) in [5.74, 6) is -0.551. The minimum atomic E-state index is -0.499. The predicted octanol–water partition coefficient (Wildman–Crippen LogP) is 3.69. The Labute approximate surface area is 123 Å². The molecule has 0 saturated carbocycles. The van der Waals surface area contributed by atoms with E-state index in [0.29, 0.717) is 17.1 Å². The molecule has 1 heterocycles. The molecule has 1 aromatic carbocycles. The number of rotatable bonds is 3. The largest absolute Gasteiger partial charge is 0.461 e. The van der Waals surface area contributed by atoms with Gasteiger partial charge in [0.15, 0.2) is 5.69 Å². The lowest BCUT2D eigenvalue weighted by atomic mass is 9.91. The minimum Gasteiger partial charge on any atom is -0.461 e. The normalized spacial score (nSPS) is 11.5. The summed E-state index contributed by atoms with van der Waals surface area (Å²) in [6, 6.07) is 6.31. The van der Waals surface area contributed by atoms with Gasteiger partial charge in [-0.15, -0.1) is 0 Å². The van der Waals surface area contributed by atoms with Crippen molar-refractivity contribution in [2.75, 3.05) is 6.61 Å². The number of aromatic amines is 1. The average Bonchev–Trinajstić information content (AvgIpc) is 2.84. The summed E-state index contributed by atoms with van der Waals surface area (Å²) in [7, 11) is 0. The molecule has 2 rings (SSSR count). The molecule has 0 radical (unpaired) electrons. The molecule has 0 fully saturated rings. The van der Waals surface area contributed by atoms with Gasteiger partial charge in [0.1, 0.15) is 11.6 Å². The Hall–Kier alpha value is -2.17. The van der Waals surface area contributed by atoms with Gasteiger partial charge in [-0.2, -0.15) is 0 Å². The van der Waals surface area contributed by atoms with Gasteiger partial charge >= 0.3 is 5.97 Å². The van der Waals surface area contributed by atoms with E-state index in [1.165, 1.54) is 6.07 Å². The molecule has 0 spiro atoms. The number of ether oxygens (including phenoxy) is 1. The summed E-state index contributed by atoms with van der Waals surface area (Å²) in [4.78, 5) is 19.4. The van der Waals surface area contributed by atoms with Crippen molar-refractivity contribution in [2.24, 2.45) is 0 Å². The highest BCUT2D eigenvalue weighted by atomic mass is 19.1. The third kappa shape index (κ3) is 3.12. The summed E-state index contributed by atoms with van der Waals surface area (Å²) in [6.07, 6.45) is 0. The van der Waals surface area contributed by atoms with Crippen LogP contribution in [0.5, 0.6) is 0 Å². The van der Waals surface area contributed by atoms with E-state index >= 15 is 0 Å². The Bertz CT molecular complexity index is 657. The number of hydrogen-bond donors (Lipinski definition) is 1. The Morgan fingerprint density at radius 1 is 1.33 bits per heavy atom. The molecule has 0 unspecified atom stereocenters. The van der Waals surface area contributed by atoms with Crippen LogP contribution in [0.15, 0.2) is 24.3 Å². The summed E-state index contributed by atoms with van der Waals surface area (Å²) in [6.45, 7) is 7.86. The van der Waals surface area contributed by atoms with Crippen LogP contribution < -0.4 is 0 Å². The minimum absolute atomic E-state index is 0.211. The predicted molar refractivity (Wildman–Crippen MR) is 78.6 cm³/mol. The maximum absolute atomic E-state index is 13.9. The molecule has 0 atom stereocenters. The molecular weight excluding hydrogens is 271 g/mol. The Kier molecular flexibility index (Phi) is 4.11. The molecule has 4 nitrogen and oxygen atoms in total. The monoisotopic (exact) mass is 290 g/mol. The zero-order chi connectivity index (χ0) is 15.6. The third-order valence-electron chi connectivity index (χ3n) is 3.05. The number of esters is 1. The van der Waals surface area contributed by atoms with E-state index in [-0.39, 0.29) is 23.5 Å². The molecule has 2 aromatic rings. The number of benzene rings is 1. The molecule has 1 N–H and O–H groups in total. The van der Waals surface area contributed by atoms with Crippen LogP contribution in [-0.2, 0) is 10.2 Å². The van der Waals surface area contributed by atoms with E-state index in [4.69, 9.17) is 4.74 Å². The lowest BCUT2D eigenvalue weighted by molar-refractivity contribution is 0.0517. The summed E-state index contributed by atoms with van der Waals surface area (Å²) in [5, 5.41) is 0. The Morgan fingerprint density at radius 3 is 2.57 bits per heavy atom. The van der Waals surface area contributed by atoms with Crippen molar-refractivity contribution in [3.8, 4) is 11.4 Å². The van der Waals surface area contributed by atoms with Crippen LogP contribution >= 0.6 is 0 Å². The van der Waals surface area contributed by atoms with Crippen LogP contribution in [-0.4, -0.2) is 22.5 Å². The van der Waals surface area contributed by atoms with E-state index in [0.717, 1.165) is 0 Å². The molecule has 112 valence electrons. The van der Waals surface area contributed by atoms with E-state index in [9.17, 15) is 9.18 Å². The highest BCUT2D eigenvalue weighted by Gasteiger charge is 2.28. The van der Waals surface area contributed by atoms with Gasteiger partial charge in [-0.25, -0.2) is 14.2 Å². The van der Waals surface area contributed by atoms with Gasteiger partial charge in [0.2, 0.25) is 0 Å². The zero-order valence-corrected chi connectivity index (χ0v) is 12.7. The van der Waals surface area contributed by atoms with E-state index in [1.54, 1.807) is 25.1 Å². The number of carbonyl (C=O) groups is 1. The first kappa shape index (κ1) is 15.2. The molecule has 0 aliphatic rings. The van der Waals surface area contributed by atoms with E-state index in [1.807, 2.05) is 20.8 Å². The van der Waals surface area contributed by atoms with Crippen molar-refractivity contribution in [1.29, 1.82) is 0 Å². The summed E-state index contributed by atoms with van der Waals surface area (Å²) in [5.41, 5.74) is 0.846. The first-order valence-electron chi connectivity index (χ1n) is 6.87. The molecule has 0 saturated heterocycles. The van der Waals surface area contributed by atoms with Gasteiger partial charge in [-0.1, -0.05) is 32.9 Å². The maximum atomic E-state index is 13.9. The second-order valence-corrected chi connectivity index (χ2v) is 5.76. The summed E-state index contributed by atoms with van der Waals surface area (Å²) >= 11 is 0. The quantitative estimate of drug-likeness (QED) is 0.877. The van der Waals surface area contributed by atoms with Crippen LogP contribution in [0.1, 0.15) is 43.9 Å². The maximum Gasteiger partial charge on any atom is 0.358 e. The average molecular weight is 290 g/mol. The van der Waals surface area contributed by atoms with Gasteiger partial charge in [0.05, 0.1) is 17.9 Å². The fourth-order valence-electron chi connectivity index (χ4n) is 2.04. The van der Waals surface area contributed by atoms with Crippen LogP contribution in [0.4, 0.5) is 4.39 Å². The Balaban J connectivity index is 2.56. The number of carbonyl (C=O) groups excluding carboxylic acids is 1. The molecular formula is C16H19FN2O2. The number of imidazole rings is 1. The van der Waals surface area contributed by atoms with Gasteiger partial charge in [0, 0.05) is 5.41 Å². The van der Waals surface area contributed by atoms with Gasteiger partial charge in [0.25, 0.3) is 0 Å². The number of aromatic nitrogens is 2. The molecule has 1 aromatic heterocycles. The van der Waals surface area contributed by atoms with Crippen LogP contribution in [0.2, 0.25) is 0 Å². The van der Waals surface area contributed by atoms with Crippen LogP contribution in [0.3, 0.4) is 0 Å². The standard InChI is InChI=1S/C16H19FN2O2/c1-5-21-15(20)12-13(16(2,3)4)19-14(18-12)10-8-6-7-9-11(10)17/h6-9H,5H2,1-4H3,(H,18,19). The van der Waals surface area contributed by atoms with Crippen molar-refractivity contribution in [1.82, 2.24) is 9.97 Å². The van der Waals surface area contributed by atoms with Crippen molar-refractivity contribution < 1.29 is 13.9 Å². The highest BCUT2D eigenvalue weighted by molar-refractivity contribution is 5.90. The molecule has 0 bridgehead atoms. The fourth-order valence-corrected chi connectivity index (χ4v) is 2.04. The first-order valence-corrected chi connectivity index (χ1v) is 6.87. The lowest BCUT2D eigenvalue weighted by Gasteiger charge is -2.17. The van der Waals surface area contributed by atoms with Crippen molar-refractivity contribution in [2.45, 2.75) is 33.1 Å². The lowest BCUT2D eigenvalue weighted by Crippen LogP contribution is -2.18. The molecule has 0 aliphatic carbocycles. The molecule has 0 aliphatic heterocycles.